The van der Waals surface area contributed by atoms with Crippen LogP contribution in [0.1, 0.15) is 34.1 Å². The minimum Gasteiger partial charge on any atom is -0.478 e. The second-order valence-corrected chi connectivity index (χ2v) is 4.75. The number of rotatable bonds is 1. The van der Waals surface area contributed by atoms with Gasteiger partial charge in [0.2, 0.25) is 5.90 Å². The summed E-state index contributed by atoms with van der Waals surface area (Å²) < 4.78 is 5.53. The molecular weight excluding hydrogens is 176 g/mol. The molecule has 1 aliphatic heterocycles. The third kappa shape index (κ3) is 2.50. The SMILES string of the molecule is CC1CCOC(/C(=C\N)C(C)(C)C)=N1. The van der Waals surface area contributed by atoms with Gasteiger partial charge in [-0.1, -0.05) is 20.8 Å². The van der Waals surface area contributed by atoms with Gasteiger partial charge in [-0.25, -0.2) is 4.99 Å². The first kappa shape index (κ1) is 11.1. The summed E-state index contributed by atoms with van der Waals surface area (Å²) in [7, 11) is 0. The molecular formula is C11H20N2O. The van der Waals surface area contributed by atoms with E-state index in [0.29, 0.717) is 6.04 Å². The maximum Gasteiger partial charge on any atom is 0.214 e. The number of ether oxygens (including phenoxy) is 1. The second kappa shape index (κ2) is 4.03. The first-order chi connectivity index (χ1) is 6.45. The molecule has 0 bridgehead atoms. The van der Waals surface area contributed by atoms with Crippen LogP contribution in [-0.4, -0.2) is 18.5 Å². The van der Waals surface area contributed by atoms with Crippen molar-refractivity contribution in [2.45, 2.75) is 40.2 Å². The van der Waals surface area contributed by atoms with E-state index in [-0.39, 0.29) is 5.41 Å². The monoisotopic (exact) mass is 196 g/mol. The lowest BCUT2D eigenvalue weighted by Gasteiger charge is -2.27. The molecule has 1 unspecified atom stereocenters. The van der Waals surface area contributed by atoms with E-state index >= 15 is 0 Å². The summed E-state index contributed by atoms with van der Waals surface area (Å²) >= 11 is 0. The molecule has 1 atom stereocenters. The number of hydrogen-bond donors (Lipinski definition) is 1. The molecule has 0 aromatic carbocycles. The summed E-state index contributed by atoms with van der Waals surface area (Å²) in [6.45, 7) is 9.16. The first-order valence-electron chi connectivity index (χ1n) is 5.08. The fraction of sp³-hybridized carbons (Fsp3) is 0.727. The quantitative estimate of drug-likeness (QED) is 0.698. The Morgan fingerprint density at radius 2 is 2.21 bits per heavy atom. The minimum atomic E-state index is -0.00928. The average Bonchev–Trinajstić information content (AvgIpc) is 2.02. The number of nitrogens with zero attached hydrogens (tertiary/aromatic N) is 1. The third-order valence-electron chi connectivity index (χ3n) is 2.32. The predicted molar refractivity (Wildman–Crippen MR) is 59.2 cm³/mol. The van der Waals surface area contributed by atoms with E-state index in [9.17, 15) is 0 Å². The van der Waals surface area contributed by atoms with Crippen molar-refractivity contribution in [3.63, 3.8) is 0 Å². The zero-order valence-corrected chi connectivity index (χ0v) is 9.50. The Kier molecular flexibility index (Phi) is 3.19. The summed E-state index contributed by atoms with van der Waals surface area (Å²) in [5.41, 5.74) is 6.59. The van der Waals surface area contributed by atoms with Gasteiger partial charge >= 0.3 is 0 Å². The Morgan fingerprint density at radius 1 is 1.57 bits per heavy atom. The largest absolute Gasteiger partial charge is 0.478 e. The van der Waals surface area contributed by atoms with Crippen LogP contribution in [0.25, 0.3) is 0 Å². The average molecular weight is 196 g/mol. The molecule has 1 heterocycles. The molecule has 1 aliphatic rings. The van der Waals surface area contributed by atoms with E-state index in [4.69, 9.17) is 10.5 Å². The van der Waals surface area contributed by atoms with E-state index in [1.165, 1.54) is 0 Å². The molecule has 2 N–H and O–H groups in total. The maximum absolute atomic E-state index is 5.61. The van der Waals surface area contributed by atoms with Gasteiger partial charge in [0.1, 0.15) is 0 Å². The molecule has 0 spiro atoms. The summed E-state index contributed by atoms with van der Waals surface area (Å²) in [6, 6.07) is 0.344. The van der Waals surface area contributed by atoms with Gasteiger partial charge in [0.15, 0.2) is 0 Å². The topological polar surface area (TPSA) is 47.6 Å². The smallest absolute Gasteiger partial charge is 0.214 e. The molecule has 80 valence electrons. The predicted octanol–water partition coefficient (Wildman–Crippen LogP) is 2.08. The highest BCUT2D eigenvalue weighted by atomic mass is 16.5. The van der Waals surface area contributed by atoms with Crippen LogP contribution >= 0.6 is 0 Å². The van der Waals surface area contributed by atoms with Crippen LogP contribution in [0.2, 0.25) is 0 Å². The second-order valence-electron chi connectivity index (χ2n) is 4.75. The zero-order valence-electron chi connectivity index (χ0n) is 9.50. The van der Waals surface area contributed by atoms with E-state index in [2.05, 4.69) is 32.7 Å². The number of hydrogen-bond acceptors (Lipinski definition) is 3. The summed E-state index contributed by atoms with van der Waals surface area (Å²) in [5.74, 6) is 0.721. The molecule has 0 aromatic rings. The molecule has 0 fully saturated rings. The van der Waals surface area contributed by atoms with Crippen molar-refractivity contribution in [1.29, 1.82) is 0 Å². The van der Waals surface area contributed by atoms with Gasteiger partial charge in [-0.05, 0) is 12.3 Å². The summed E-state index contributed by atoms with van der Waals surface area (Å²) in [6.07, 6.45) is 2.60. The van der Waals surface area contributed by atoms with Crippen LogP contribution in [0, 0.1) is 5.41 Å². The first-order valence-corrected chi connectivity index (χ1v) is 5.08. The standard InChI is InChI=1S/C11H20N2O/c1-8-5-6-14-10(13-8)9(7-12)11(2,3)4/h7-8H,5-6,12H2,1-4H3/b9-7+. The zero-order chi connectivity index (χ0) is 10.8. The van der Waals surface area contributed by atoms with Gasteiger partial charge in [0.25, 0.3) is 0 Å². The highest BCUT2D eigenvalue weighted by Gasteiger charge is 2.25. The maximum atomic E-state index is 5.61. The molecule has 0 saturated carbocycles. The molecule has 0 saturated heterocycles. The number of nitrogens with two attached hydrogens (primary N) is 1. The van der Waals surface area contributed by atoms with Crippen molar-refractivity contribution in [3.05, 3.63) is 11.8 Å². The lowest BCUT2D eigenvalue weighted by molar-refractivity contribution is 0.258. The lowest BCUT2D eigenvalue weighted by atomic mass is 9.86. The Labute approximate surface area is 86.0 Å². The van der Waals surface area contributed by atoms with Gasteiger partial charge in [-0.15, -0.1) is 0 Å². The van der Waals surface area contributed by atoms with Crippen LogP contribution in [0.15, 0.2) is 16.8 Å². The molecule has 3 heteroatoms. The third-order valence-corrected chi connectivity index (χ3v) is 2.32. The fourth-order valence-electron chi connectivity index (χ4n) is 1.42. The molecule has 0 amide bonds. The van der Waals surface area contributed by atoms with Crippen molar-refractivity contribution in [2.24, 2.45) is 16.1 Å². The Hall–Kier alpha value is -0.990. The van der Waals surface area contributed by atoms with E-state index < -0.39 is 0 Å². The highest BCUT2D eigenvalue weighted by Crippen LogP contribution is 2.27. The van der Waals surface area contributed by atoms with Crippen LogP contribution in [-0.2, 0) is 4.74 Å². The summed E-state index contributed by atoms with van der Waals surface area (Å²) in [4.78, 5) is 4.47. The fourth-order valence-corrected chi connectivity index (χ4v) is 1.42. The van der Waals surface area contributed by atoms with Gasteiger partial charge in [0.05, 0.1) is 12.6 Å². The Morgan fingerprint density at radius 3 is 2.64 bits per heavy atom. The van der Waals surface area contributed by atoms with Crippen LogP contribution < -0.4 is 5.73 Å². The molecule has 0 aliphatic carbocycles. The van der Waals surface area contributed by atoms with Crippen LogP contribution in [0.5, 0.6) is 0 Å². The van der Waals surface area contributed by atoms with E-state index in [1.54, 1.807) is 6.20 Å². The van der Waals surface area contributed by atoms with Gasteiger partial charge in [-0.3, -0.25) is 0 Å². The van der Waals surface area contributed by atoms with Crippen molar-refractivity contribution >= 4 is 5.90 Å². The number of aliphatic imine (C=N–C) groups is 1. The van der Waals surface area contributed by atoms with Crippen molar-refractivity contribution < 1.29 is 4.74 Å². The molecule has 3 nitrogen and oxygen atoms in total. The van der Waals surface area contributed by atoms with Crippen molar-refractivity contribution in [2.75, 3.05) is 6.61 Å². The van der Waals surface area contributed by atoms with E-state index in [1.807, 2.05) is 0 Å². The molecule has 14 heavy (non-hydrogen) atoms. The highest BCUT2D eigenvalue weighted by molar-refractivity contribution is 5.95. The summed E-state index contributed by atoms with van der Waals surface area (Å²) in [5, 5.41) is 0. The Bertz CT molecular complexity index is 261. The lowest BCUT2D eigenvalue weighted by Crippen LogP contribution is -2.27. The van der Waals surface area contributed by atoms with Crippen molar-refractivity contribution in [1.82, 2.24) is 0 Å². The van der Waals surface area contributed by atoms with Gasteiger partial charge in [0, 0.05) is 18.2 Å². The minimum absolute atomic E-state index is 0.00928. The van der Waals surface area contributed by atoms with Crippen LogP contribution in [0.3, 0.4) is 0 Å². The van der Waals surface area contributed by atoms with E-state index in [0.717, 1.165) is 24.5 Å². The molecule has 0 radical (unpaired) electrons. The van der Waals surface area contributed by atoms with Gasteiger partial charge in [-0.2, -0.15) is 0 Å². The van der Waals surface area contributed by atoms with Gasteiger partial charge < -0.3 is 10.5 Å². The molecule has 0 aromatic heterocycles. The Balaban J connectivity index is 2.91. The molecule has 1 rings (SSSR count). The van der Waals surface area contributed by atoms with Crippen LogP contribution in [0.4, 0.5) is 0 Å². The van der Waals surface area contributed by atoms with Crippen molar-refractivity contribution in [3.8, 4) is 0 Å². The normalized spacial score (nSPS) is 24.1.